The number of carbonyl (C=O) groups excluding carboxylic acids is 2. The topological polar surface area (TPSA) is 83.5 Å². The van der Waals surface area contributed by atoms with Gasteiger partial charge in [0.15, 0.2) is 5.78 Å². The van der Waals surface area contributed by atoms with Gasteiger partial charge in [-0.3, -0.25) is 14.4 Å². The maximum atomic E-state index is 12.4. The summed E-state index contributed by atoms with van der Waals surface area (Å²) in [6.45, 7) is 0.0517. The highest BCUT2D eigenvalue weighted by molar-refractivity contribution is 5.98. The fourth-order valence-electron chi connectivity index (χ4n) is 3.59. The second-order valence-electron chi connectivity index (χ2n) is 7.29. The van der Waals surface area contributed by atoms with Gasteiger partial charge in [0.1, 0.15) is 0 Å². The smallest absolute Gasteiger partial charge is 0.308 e. The summed E-state index contributed by atoms with van der Waals surface area (Å²) in [5.74, 6) is -1.99. The molecule has 1 aliphatic carbocycles. The Labute approximate surface area is 164 Å². The lowest BCUT2D eigenvalue weighted by Crippen LogP contribution is -2.34. The predicted molar refractivity (Wildman–Crippen MR) is 106 cm³/mol. The number of carboxylic acids is 1. The van der Waals surface area contributed by atoms with E-state index in [1.807, 2.05) is 48.5 Å². The molecule has 0 fully saturated rings. The molecule has 3 rings (SSSR count). The molecule has 28 heavy (non-hydrogen) atoms. The monoisotopic (exact) mass is 379 g/mol. The van der Waals surface area contributed by atoms with Crippen molar-refractivity contribution < 1.29 is 19.5 Å². The van der Waals surface area contributed by atoms with Crippen molar-refractivity contribution in [2.45, 2.75) is 38.5 Å². The molecule has 0 saturated heterocycles. The number of fused-ring (bicyclic) bond motifs is 1. The molecule has 5 nitrogen and oxygen atoms in total. The molecular weight excluding hydrogens is 354 g/mol. The van der Waals surface area contributed by atoms with Crippen molar-refractivity contribution in [2.75, 3.05) is 6.54 Å². The molecule has 1 atom stereocenters. The number of carbonyl (C=O) groups is 3. The van der Waals surface area contributed by atoms with E-state index in [-0.39, 0.29) is 31.1 Å². The first kappa shape index (κ1) is 19.8. The molecule has 2 aromatic carbocycles. The third kappa shape index (κ3) is 5.28. The minimum absolute atomic E-state index is 0.0517. The van der Waals surface area contributed by atoms with Crippen molar-refractivity contribution in [1.29, 1.82) is 0 Å². The Bertz CT molecular complexity index is 860. The van der Waals surface area contributed by atoms with Crippen LogP contribution >= 0.6 is 0 Å². The largest absolute Gasteiger partial charge is 0.481 e. The first-order valence-electron chi connectivity index (χ1n) is 9.71. The summed E-state index contributed by atoms with van der Waals surface area (Å²) >= 11 is 0. The first-order chi connectivity index (χ1) is 13.5. The van der Waals surface area contributed by atoms with Crippen molar-refractivity contribution in [2.24, 2.45) is 5.92 Å². The summed E-state index contributed by atoms with van der Waals surface area (Å²) < 4.78 is 0. The summed E-state index contributed by atoms with van der Waals surface area (Å²) in [6.07, 6.45) is 3.75. The van der Waals surface area contributed by atoms with E-state index in [9.17, 15) is 19.5 Å². The zero-order valence-electron chi connectivity index (χ0n) is 15.8. The van der Waals surface area contributed by atoms with Gasteiger partial charge in [-0.25, -0.2) is 0 Å². The molecule has 146 valence electrons. The lowest BCUT2D eigenvalue weighted by molar-refractivity contribution is -0.141. The Morgan fingerprint density at radius 2 is 1.71 bits per heavy atom. The molecule has 1 aliphatic rings. The van der Waals surface area contributed by atoms with Gasteiger partial charge in [-0.15, -0.1) is 0 Å². The number of carboxylic acid groups (broad SMARTS) is 1. The third-order valence-corrected chi connectivity index (χ3v) is 5.22. The van der Waals surface area contributed by atoms with Gasteiger partial charge in [0, 0.05) is 24.9 Å². The molecule has 0 heterocycles. The minimum Gasteiger partial charge on any atom is -0.481 e. The second-order valence-corrected chi connectivity index (χ2v) is 7.29. The van der Waals surface area contributed by atoms with Crippen LogP contribution in [0.25, 0.3) is 0 Å². The van der Waals surface area contributed by atoms with E-state index in [2.05, 4.69) is 5.32 Å². The zero-order valence-corrected chi connectivity index (χ0v) is 15.8. The van der Waals surface area contributed by atoms with E-state index in [4.69, 9.17) is 0 Å². The standard InChI is InChI=1S/C23H25NO4/c25-21(19-10-9-17-7-4-8-18(17)14-19)11-12-22(26)24-15-20(23(27)28)13-16-5-2-1-3-6-16/h1-3,5-6,9-10,14,20H,4,7-8,11-13,15H2,(H,24,26)(H,27,28). The third-order valence-electron chi connectivity index (χ3n) is 5.22. The maximum Gasteiger partial charge on any atom is 0.308 e. The van der Waals surface area contributed by atoms with Crippen molar-refractivity contribution in [3.8, 4) is 0 Å². The van der Waals surface area contributed by atoms with Crippen LogP contribution in [-0.2, 0) is 28.9 Å². The highest BCUT2D eigenvalue weighted by Gasteiger charge is 2.20. The van der Waals surface area contributed by atoms with Gasteiger partial charge >= 0.3 is 5.97 Å². The van der Waals surface area contributed by atoms with Crippen molar-refractivity contribution in [1.82, 2.24) is 5.32 Å². The molecule has 0 radical (unpaired) electrons. The molecule has 0 spiro atoms. The molecule has 0 bridgehead atoms. The Morgan fingerprint density at radius 1 is 0.964 bits per heavy atom. The summed E-state index contributed by atoms with van der Waals surface area (Å²) in [4.78, 5) is 35.9. The van der Waals surface area contributed by atoms with E-state index in [0.29, 0.717) is 12.0 Å². The number of hydrogen-bond donors (Lipinski definition) is 2. The van der Waals surface area contributed by atoms with Gasteiger partial charge in [-0.05, 0) is 48.4 Å². The van der Waals surface area contributed by atoms with Crippen molar-refractivity contribution >= 4 is 17.7 Å². The van der Waals surface area contributed by atoms with Gasteiger partial charge in [-0.2, -0.15) is 0 Å². The van der Waals surface area contributed by atoms with Gasteiger partial charge in [0.05, 0.1) is 5.92 Å². The van der Waals surface area contributed by atoms with Gasteiger partial charge in [-0.1, -0.05) is 42.5 Å². The zero-order chi connectivity index (χ0) is 19.9. The van der Waals surface area contributed by atoms with Crippen molar-refractivity contribution in [3.05, 3.63) is 70.8 Å². The number of amides is 1. The number of ketones is 1. The summed E-state index contributed by atoms with van der Waals surface area (Å²) in [6, 6.07) is 15.1. The molecule has 2 N–H and O–H groups in total. The fraction of sp³-hybridized carbons (Fsp3) is 0.348. The van der Waals surface area contributed by atoms with Crippen LogP contribution in [-0.4, -0.2) is 29.3 Å². The summed E-state index contributed by atoms with van der Waals surface area (Å²) in [5, 5.41) is 12.0. The Balaban J connectivity index is 1.46. The van der Waals surface area contributed by atoms with Gasteiger partial charge in [0.2, 0.25) is 5.91 Å². The first-order valence-corrected chi connectivity index (χ1v) is 9.71. The molecule has 0 saturated carbocycles. The Morgan fingerprint density at radius 3 is 2.46 bits per heavy atom. The van der Waals surface area contributed by atoms with Crippen LogP contribution in [0.15, 0.2) is 48.5 Å². The highest BCUT2D eigenvalue weighted by Crippen LogP contribution is 2.23. The van der Waals surface area contributed by atoms with Crippen LogP contribution in [0.3, 0.4) is 0 Å². The average Bonchev–Trinajstić information content (AvgIpc) is 3.17. The van der Waals surface area contributed by atoms with Crippen LogP contribution in [0.2, 0.25) is 0 Å². The Hall–Kier alpha value is -2.95. The van der Waals surface area contributed by atoms with Crippen LogP contribution in [0.1, 0.15) is 46.3 Å². The summed E-state index contributed by atoms with van der Waals surface area (Å²) in [5.41, 5.74) is 4.12. The predicted octanol–water partition coefficient (Wildman–Crippen LogP) is 3.20. The lowest BCUT2D eigenvalue weighted by Gasteiger charge is -2.13. The van der Waals surface area contributed by atoms with Crippen LogP contribution in [0, 0.1) is 5.92 Å². The molecule has 0 aliphatic heterocycles. The number of hydrogen-bond acceptors (Lipinski definition) is 3. The number of aliphatic carboxylic acids is 1. The minimum atomic E-state index is -0.946. The van der Waals surface area contributed by atoms with Crippen LogP contribution in [0.4, 0.5) is 0 Å². The van der Waals surface area contributed by atoms with Crippen LogP contribution in [0.5, 0.6) is 0 Å². The quantitative estimate of drug-likeness (QED) is 0.656. The number of Topliss-reactive ketones (excluding diaryl/α,β-unsaturated/α-hetero) is 1. The molecule has 2 aromatic rings. The molecule has 1 amide bonds. The lowest BCUT2D eigenvalue weighted by atomic mass is 9.99. The van der Waals surface area contributed by atoms with E-state index < -0.39 is 11.9 Å². The maximum absolute atomic E-state index is 12.4. The number of nitrogens with one attached hydrogen (secondary N) is 1. The highest BCUT2D eigenvalue weighted by atomic mass is 16.4. The molecule has 1 unspecified atom stereocenters. The van der Waals surface area contributed by atoms with Crippen molar-refractivity contribution in [3.63, 3.8) is 0 Å². The fourth-order valence-corrected chi connectivity index (χ4v) is 3.59. The molecule has 0 aromatic heterocycles. The van der Waals surface area contributed by atoms with E-state index in [1.165, 1.54) is 11.1 Å². The SMILES string of the molecule is O=C(CCC(=O)c1ccc2c(c1)CCC2)NCC(Cc1ccccc1)C(=O)O. The summed E-state index contributed by atoms with van der Waals surface area (Å²) in [7, 11) is 0. The second kappa shape index (κ2) is 9.31. The average molecular weight is 379 g/mol. The van der Waals surface area contributed by atoms with Crippen LogP contribution < -0.4 is 5.32 Å². The Kier molecular flexibility index (Phi) is 6.58. The number of rotatable bonds is 9. The molecule has 5 heteroatoms. The normalized spacial score (nSPS) is 13.6. The van der Waals surface area contributed by atoms with E-state index >= 15 is 0 Å². The number of benzene rings is 2. The van der Waals surface area contributed by atoms with E-state index in [1.54, 1.807) is 0 Å². The molecular formula is C23H25NO4. The van der Waals surface area contributed by atoms with E-state index in [0.717, 1.165) is 24.8 Å². The number of aryl methyl sites for hydroxylation is 2. The van der Waals surface area contributed by atoms with Gasteiger partial charge in [0.25, 0.3) is 0 Å². The van der Waals surface area contributed by atoms with Gasteiger partial charge < -0.3 is 10.4 Å².